The smallest absolute Gasteiger partial charge is 0.244 e. The molecule has 0 saturated carbocycles. The van der Waals surface area contributed by atoms with Crippen LogP contribution in [0.2, 0.25) is 10.0 Å². The molecule has 120 valence electrons. The lowest BCUT2D eigenvalue weighted by Gasteiger charge is -2.36. The Morgan fingerprint density at radius 1 is 1.05 bits per heavy atom. The zero-order valence-corrected chi connectivity index (χ0v) is 14.0. The van der Waals surface area contributed by atoms with Crippen molar-refractivity contribution in [2.45, 2.75) is 18.9 Å². The third-order valence-corrected chi connectivity index (χ3v) is 5.10. The van der Waals surface area contributed by atoms with E-state index < -0.39 is 0 Å². The molecule has 0 aliphatic carbocycles. The average Bonchev–Trinajstić information content (AvgIpc) is 3.06. The summed E-state index contributed by atoms with van der Waals surface area (Å²) in [5.41, 5.74) is 0.754. The number of halogens is 2. The zero-order valence-electron chi connectivity index (χ0n) is 12.5. The summed E-state index contributed by atoms with van der Waals surface area (Å²) in [6, 6.07) is 5.08. The number of benzene rings is 1. The molecule has 2 fully saturated rings. The van der Waals surface area contributed by atoms with Crippen LogP contribution in [-0.4, -0.2) is 55.0 Å². The Kier molecular flexibility index (Phi) is 5.24. The first kappa shape index (κ1) is 16.1. The molecular weight excluding hydrogens is 321 g/mol. The molecule has 4 nitrogen and oxygen atoms in total. The fraction of sp³-hybridized carbons (Fsp3) is 0.562. The van der Waals surface area contributed by atoms with Crippen molar-refractivity contribution in [2.75, 3.05) is 39.3 Å². The van der Waals surface area contributed by atoms with E-state index >= 15 is 0 Å². The predicted molar refractivity (Wildman–Crippen MR) is 89.5 cm³/mol. The fourth-order valence-electron chi connectivity index (χ4n) is 3.28. The first-order valence-corrected chi connectivity index (χ1v) is 8.61. The predicted octanol–water partition coefficient (Wildman–Crippen LogP) is 2.56. The van der Waals surface area contributed by atoms with Gasteiger partial charge in [-0.05, 0) is 25.0 Å². The molecule has 2 heterocycles. The SMILES string of the molecule is O=C(C(c1c(Cl)cccc1Cl)N1CCNCC1)N1CCCC1. The largest absolute Gasteiger partial charge is 0.341 e. The Hall–Kier alpha value is -0.810. The van der Waals surface area contributed by atoms with E-state index in [2.05, 4.69) is 10.2 Å². The number of amides is 1. The molecule has 2 saturated heterocycles. The van der Waals surface area contributed by atoms with Gasteiger partial charge >= 0.3 is 0 Å². The molecule has 2 aliphatic rings. The molecule has 0 radical (unpaired) electrons. The number of rotatable bonds is 3. The lowest BCUT2D eigenvalue weighted by molar-refractivity contribution is -0.136. The van der Waals surface area contributed by atoms with Crippen LogP contribution in [0.3, 0.4) is 0 Å². The van der Waals surface area contributed by atoms with E-state index in [4.69, 9.17) is 23.2 Å². The molecular formula is C16H21Cl2N3O. The van der Waals surface area contributed by atoms with Crippen molar-refractivity contribution in [3.8, 4) is 0 Å². The number of piperazine rings is 1. The molecule has 1 amide bonds. The van der Waals surface area contributed by atoms with Crippen molar-refractivity contribution >= 4 is 29.1 Å². The molecule has 1 aromatic carbocycles. The normalized spacial score (nSPS) is 21.1. The van der Waals surface area contributed by atoms with Gasteiger partial charge in [-0.1, -0.05) is 29.3 Å². The lowest BCUT2D eigenvalue weighted by Crippen LogP contribution is -2.50. The molecule has 6 heteroatoms. The molecule has 3 rings (SSSR count). The van der Waals surface area contributed by atoms with E-state index in [1.807, 2.05) is 23.1 Å². The van der Waals surface area contributed by atoms with Gasteiger partial charge in [0.1, 0.15) is 6.04 Å². The summed E-state index contributed by atoms with van der Waals surface area (Å²) >= 11 is 12.8. The van der Waals surface area contributed by atoms with Gasteiger partial charge in [0.2, 0.25) is 5.91 Å². The van der Waals surface area contributed by atoms with Gasteiger partial charge in [0.15, 0.2) is 0 Å². The van der Waals surface area contributed by atoms with E-state index in [1.54, 1.807) is 0 Å². The maximum atomic E-state index is 13.1. The fourth-order valence-corrected chi connectivity index (χ4v) is 3.89. The number of carbonyl (C=O) groups excluding carboxylic acids is 1. The van der Waals surface area contributed by atoms with Crippen LogP contribution in [0.1, 0.15) is 24.4 Å². The summed E-state index contributed by atoms with van der Waals surface area (Å²) in [5, 5.41) is 4.47. The molecule has 22 heavy (non-hydrogen) atoms. The second-order valence-corrected chi connectivity index (χ2v) is 6.67. The van der Waals surface area contributed by atoms with E-state index in [1.165, 1.54) is 0 Å². The van der Waals surface area contributed by atoms with Crippen molar-refractivity contribution in [3.63, 3.8) is 0 Å². The third-order valence-electron chi connectivity index (χ3n) is 4.44. The summed E-state index contributed by atoms with van der Waals surface area (Å²) < 4.78 is 0. The molecule has 1 unspecified atom stereocenters. The Bertz CT molecular complexity index is 520. The first-order chi connectivity index (χ1) is 10.7. The van der Waals surface area contributed by atoms with Crippen molar-refractivity contribution < 1.29 is 4.79 Å². The van der Waals surface area contributed by atoms with Crippen LogP contribution in [0, 0.1) is 0 Å². The van der Waals surface area contributed by atoms with Gasteiger partial charge in [0.25, 0.3) is 0 Å². The molecule has 0 bridgehead atoms. The second kappa shape index (κ2) is 7.18. The first-order valence-electron chi connectivity index (χ1n) is 7.86. The zero-order chi connectivity index (χ0) is 15.5. The van der Waals surface area contributed by atoms with Crippen LogP contribution in [-0.2, 0) is 4.79 Å². The highest BCUT2D eigenvalue weighted by atomic mass is 35.5. The van der Waals surface area contributed by atoms with E-state index in [0.29, 0.717) is 10.0 Å². The number of carbonyl (C=O) groups is 1. The topological polar surface area (TPSA) is 35.6 Å². The Labute approximate surface area is 141 Å². The van der Waals surface area contributed by atoms with Crippen LogP contribution in [0.5, 0.6) is 0 Å². The molecule has 1 atom stereocenters. The minimum Gasteiger partial charge on any atom is -0.341 e. The Morgan fingerprint density at radius 3 is 2.23 bits per heavy atom. The molecule has 1 aromatic rings. The quantitative estimate of drug-likeness (QED) is 0.917. The van der Waals surface area contributed by atoms with Crippen molar-refractivity contribution in [2.24, 2.45) is 0 Å². The number of hydrogen-bond acceptors (Lipinski definition) is 3. The molecule has 0 spiro atoms. The summed E-state index contributed by atoms with van der Waals surface area (Å²) in [5.74, 6) is 0.134. The van der Waals surface area contributed by atoms with Crippen LogP contribution in [0.25, 0.3) is 0 Å². The van der Waals surface area contributed by atoms with Crippen LogP contribution in [0.4, 0.5) is 0 Å². The standard InChI is InChI=1S/C16H21Cl2N3O/c17-12-4-3-5-13(18)14(12)15(20-10-6-19-7-11-20)16(22)21-8-1-2-9-21/h3-5,15,19H,1-2,6-11H2. The molecule has 0 aromatic heterocycles. The van der Waals surface area contributed by atoms with E-state index in [0.717, 1.165) is 57.7 Å². The third kappa shape index (κ3) is 3.25. The summed E-state index contributed by atoms with van der Waals surface area (Å²) in [7, 11) is 0. The number of nitrogens with one attached hydrogen (secondary N) is 1. The van der Waals surface area contributed by atoms with E-state index in [9.17, 15) is 4.79 Å². The van der Waals surface area contributed by atoms with Crippen LogP contribution >= 0.6 is 23.2 Å². The highest BCUT2D eigenvalue weighted by molar-refractivity contribution is 6.36. The minimum absolute atomic E-state index is 0.134. The van der Waals surface area contributed by atoms with Gasteiger partial charge in [0, 0.05) is 54.9 Å². The number of likely N-dealkylation sites (tertiary alicyclic amines) is 1. The Balaban J connectivity index is 1.96. The summed E-state index contributed by atoms with van der Waals surface area (Å²) in [4.78, 5) is 17.2. The monoisotopic (exact) mass is 341 g/mol. The van der Waals surface area contributed by atoms with Gasteiger partial charge in [-0.2, -0.15) is 0 Å². The number of nitrogens with zero attached hydrogens (tertiary/aromatic N) is 2. The summed E-state index contributed by atoms with van der Waals surface area (Å²) in [6.07, 6.45) is 2.16. The van der Waals surface area contributed by atoms with Crippen LogP contribution < -0.4 is 5.32 Å². The highest BCUT2D eigenvalue weighted by Crippen LogP contribution is 2.35. The molecule has 1 N–H and O–H groups in total. The minimum atomic E-state index is -0.374. The number of hydrogen-bond donors (Lipinski definition) is 1. The van der Waals surface area contributed by atoms with Gasteiger partial charge in [-0.25, -0.2) is 0 Å². The van der Waals surface area contributed by atoms with Crippen molar-refractivity contribution in [1.29, 1.82) is 0 Å². The van der Waals surface area contributed by atoms with Gasteiger partial charge in [-0.15, -0.1) is 0 Å². The van der Waals surface area contributed by atoms with Gasteiger partial charge in [-0.3, -0.25) is 9.69 Å². The van der Waals surface area contributed by atoms with Gasteiger partial charge < -0.3 is 10.2 Å². The van der Waals surface area contributed by atoms with E-state index in [-0.39, 0.29) is 11.9 Å². The lowest BCUT2D eigenvalue weighted by atomic mass is 10.0. The maximum Gasteiger partial charge on any atom is 0.244 e. The average molecular weight is 342 g/mol. The summed E-state index contributed by atoms with van der Waals surface area (Å²) in [6.45, 7) is 5.09. The highest BCUT2D eigenvalue weighted by Gasteiger charge is 2.35. The molecule has 2 aliphatic heterocycles. The van der Waals surface area contributed by atoms with Crippen LogP contribution in [0.15, 0.2) is 18.2 Å². The second-order valence-electron chi connectivity index (χ2n) is 5.86. The Morgan fingerprint density at radius 2 is 1.64 bits per heavy atom. The maximum absolute atomic E-state index is 13.1. The van der Waals surface area contributed by atoms with Crippen molar-refractivity contribution in [1.82, 2.24) is 15.1 Å². The van der Waals surface area contributed by atoms with Crippen molar-refractivity contribution in [3.05, 3.63) is 33.8 Å². The van der Waals surface area contributed by atoms with Gasteiger partial charge in [0.05, 0.1) is 0 Å².